The molecule has 0 aliphatic rings. The number of ether oxygens (including phenoxy) is 1. The number of rotatable bonds is 3. The van der Waals surface area contributed by atoms with Crippen molar-refractivity contribution < 1.29 is 4.74 Å². The Morgan fingerprint density at radius 1 is 1.70 bits per heavy atom. The van der Waals surface area contributed by atoms with Gasteiger partial charge >= 0.3 is 0 Å². The highest BCUT2D eigenvalue weighted by Crippen LogP contribution is 2.09. The summed E-state index contributed by atoms with van der Waals surface area (Å²) in [6.07, 6.45) is -0.0949. The molecule has 3 nitrogen and oxygen atoms in total. The van der Waals surface area contributed by atoms with E-state index >= 15 is 0 Å². The van der Waals surface area contributed by atoms with Crippen molar-refractivity contribution in [3.8, 4) is 6.07 Å². The second-order valence-electron chi connectivity index (χ2n) is 2.44. The van der Waals surface area contributed by atoms with Gasteiger partial charge in [-0.15, -0.1) is 0 Å². The van der Waals surface area contributed by atoms with Gasteiger partial charge in [0, 0.05) is 7.11 Å². The lowest BCUT2D eigenvalue weighted by molar-refractivity contribution is 0.0659. The predicted molar refractivity (Wildman–Crippen MR) is 39.5 cm³/mol. The Morgan fingerprint density at radius 3 is 2.30 bits per heavy atom. The third-order valence-electron chi connectivity index (χ3n) is 1.92. The highest BCUT2D eigenvalue weighted by molar-refractivity contribution is 5.07. The summed E-state index contributed by atoms with van der Waals surface area (Å²) >= 11 is 0. The SMILES string of the molecule is CNC(C)(C#N)C(C)OC. The molecule has 3 heteroatoms. The van der Waals surface area contributed by atoms with E-state index in [1.54, 1.807) is 21.1 Å². The van der Waals surface area contributed by atoms with E-state index in [1.165, 1.54) is 0 Å². The lowest BCUT2D eigenvalue weighted by atomic mass is 9.98. The molecule has 0 heterocycles. The zero-order valence-electron chi connectivity index (χ0n) is 6.93. The van der Waals surface area contributed by atoms with Gasteiger partial charge in [-0.25, -0.2) is 0 Å². The first-order chi connectivity index (χ1) is 4.60. The van der Waals surface area contributed by atoms with Crippen LogP contribution in [0.4, 0.5) is 0 Å². The number of hydrogen-bond acceptors (Lipinski definition) is 3. The Morgan fingerprint density at radius 2 is 2.20 bits per heavy atom. The Kier molecular flexibility index (Phi) is 3.34. The molecule has 1 N–H and O–H groups in total. The van der Waals surface area contributed by atoms with Crippen LogP contribution in [-0.4, -0.2) is 25.8 Å². The van der Waals surface area contributed by atoms with Crippen LogP contribution in [0.5, 0.6) is 0 Å². The molecule has 58 valence electrons. The van der Waals surface area contributed by atoms with Gasteiger partial charge < -0.3 is 10.1 Å². The van der Waals surface area contributed by atoms with Gasteiger partial charge in [0.15, 0.2) is 0 Å². The average molecular weight is 142 g/mol. The van der Waals surface area contributed by atoms with Crippen LogP contribution in [-0.2, 0) is 4.74 Å². The van der Waals surface area contributed by atoms with E-state index in [4.69, 9.17) is 10.00 Å². The van der Waals surface area contributed by atoms with Gasteiger partial charge in [0.1, 0.15) is 5.54 Å². The Bertz CT molecular complexity index is 141. The summed E-state index contributed by atoms with van der Waals surface area (Å²) in [5.41, 5.74) is -0.575. The minimum atomic E-state index is -0.575. The summed E-state index contributed by atoms with van der Waals surface area (Å²) in [6, 6.07) is 2.14. The Balaban J connectivity index is 4.21. The zero-order chi connectivity index (χ0) is 8.20. The smallest absolute Gasteiger partial charge is 0.129 e. The molecule has 0 radical (unpaired) electrons. The normalized spacial score (nSPS) is 19.1. The molecule has 0 aromatic heterocycles. The van der Waals surface area contributed by atoms with E-state index in [-0.39, 0.29) is 6.10 Å². The summed E-state index contributed by atoms with van der Waals surface area (Å²) in [4.78, 5) is 0. The van der Waals surface area contributed by atoms with Gasteiger partial charge in [-0.05, 0) is 20.9 Å². The molecular weight excluding hydrogens is 128 g/mol. The van der Waals surface area contributed by atoms with E-state index in [0.717, 1.165) is 0 Å². The lowest BCUT2D eigenvalue weighted by Crippen LogP contribution is -2.48. The molecule has 0 saturated carbocycles. The average Bonchev–Trinajstić information content (AvgIpc) is 2.01. The Hall–Kier alpha value is -0.590. The maximum absolute atomic E-state index is 8.69. The van der Waals surface area contributed by atoms with Crippen molar-refractivity contribution in [3.05, 3.63) is 0 Å². The molecule has 0 aromatic rings. The van der Waals surface area contributed by atoms with Gasteiger partial charge in [0.25, 0.3) is 0 Å². The van der Waals surface area contributed by atoms with Crippen molar-refractivity contribution in [3.63, 3.8) is 0 Å². The molecule has 0 spiro atoms. The molecule has 10 heavy (non-hydrogen) atoms. The fourth-order valence-electron chi connectivity index (χ4n) is 0.586. The second-order valence-corrected chi connectivity index (χ2v) is 2.44. The quantitative estimate of drug-likeness (QED) is 0.625. The molecule has 0 aliphatic carbocycles. The molecule has 0 aliphatic heterocycles. The number of methoxy groups -OCH3 is 1. The molecule has 0 rings (SSSR count). The van der Waals surface area contributed by atoms with E-state index < -0.39 is 5.54 Å². The second kappa shape index (κ2) is 3.55. The first kappa shape index (κ1) is 9.41. The van der Waals surface area contributed by atoms with E-state index in [1.807, 2.05) is 6.92 Å². The van der Waals surface area contributed by atoms with Gasteiger partial charge in [-0.2, -0.15) is 5.26 Å². The van der Waals surface area contributed by atoms with E-state index in [2.05, 4.69) is 11.4 Å². The van der Waals surface area contributed by atoms with Crippen LogP contribution in [0.15, 0.2) is 0 Å². The number of nitriles is 1. The van der Waals surface area contributed by atoms with E-state index in [0.29, 0.717) is 0 Å². The topological polar surface area (TPSA) is 45.0 Å². The molecule has 0 amide bonds. The van der Waals surface area contributed by atoms with Crippen LogP contribution in [0, 0.1) is 11.3 Å². The zero-order valence-corrected chi connectivity index (χ0v) is 6.93. The largest absolute Gasteiger partial charge is 0.379 e. The molecule has 2 atom stereocenters. The molecular formula is C7H14N2O. The monoisotopic (exact) mass is 142 g/mol. The predicted octanol–water partition coefficient (Wildman–Crippen LogP) is 0.523. The summed E-state index contributed by atoms with van der Waals surface area (Å²) in [7, 11) is 3.34. The van der Waals surface area contributed by atoms with Gasteiger partial charge in [-0.3, -0.25) is 0 Å². The van der Waals surface area contributed by atoms with Crippen molar-refractivity contribution in [2.75, 3.05) is 14.2 Å². The lowest BCUT2D eigenvalue weighted by Gasteiger charge is -2.26. The Labute approximate surface area is 62.0 Å². The molecule has 0 aromatic carbocycles. The standard InChI is InChI=1S/C7H14N2O/c1-6(10-4)7(2,5-8)9-3/h6,9H,1-4H3. The third-order valence-corrected chi connectivity index (χ3v) is 1.92. The van der Waals surface area contributed by atoms with Crippen molar-refractivity contribution in [2.45, 2.75) is 25.5 Å². The molecule has 2 unspecified atom stereocenters. The van der Waals surface area contributed by atoms with Crippen molar-refractivity contribution in [1.29, 1.82) is 5.26 Å². The van der Waals surface area contributed by atoms with Crippen molar-refractivity contribution in [2.24, 2.45) is 0 Å². The summed E-state index contributed by atoms with van der Waals surface area (Å²) in [6.45, 7) is 3.67. The first-order valence-electron chi connectivity index (χ1n) is 3.23. The minimum absolute atomic E-state index is 0.0949. The van der Waals surface area contributed by atoms with Crippen LogP contribution in [0.3, 0.4) is 0 Å². The maximum atomic E-state index is 8.69. The van der Waals surface area contributed by atoms with Crippen molar-refractivity contribution in [1.82, 2.24) is 5.32 Å². The summed E-state index contributed by atoms with van der Waals surface area (Å²) in [5, 5.41) is 11.6. The van der Waals surface area contributed by atoms with Crippen LogP contribution in [0.2, 0.25) is 0 Å². The highest BCUT2D eigenvalue weighted by Gasteiger charge is 2.28. The van der Waals surface area contributed by atoms with Gasteiger partial charge in [0.05, 0.1) is 12.2 Å². The maximum Gasteiger partial charge on any atom is 0.129 e. The van der Waals surface area contributed by atoms with Crippen LogP contribution in [0.25, 0.3) is 0 Å². The van der Waals surface area contributed by atoms with E-state index in [9.17, 15) is 0 Å². The summed E-state index contributed by atoms with van der Waals surface area (Å²) in [5.74, 6) is 0. The molecule has 0 fully saturated rings. The number of nitrogens with zero attached hydrogens (tertiary/aromatic N) is 1. The summed E-state index contributed by atoms with van der Waals surface area (Å²) < 4.78 is 5.01. The highest BCUT2D eigenvalue weighted by atomic mass is 16.5. The van der Waals surface area contributed by atoms with Crippen LogP contribution >= 0.6 is 0 Å². The fraction of sp³-hybridized carbons (Fsp3) is 0.857. The number of hydrogen-bond donors (Lipinski definition) is 1. The van der Waals surface area contributed by atoms with Gasteiger partial charge in [-0.1, -0.05) is 0 Å². The van der Waals surface area contributed by atoms with Crippen molar-refractivity contribution >= 4 is 0 Å². The molecule has 0 bridgehead atoms. The first-order valence-corrected chi connectivity index (χ1v) is 3.23. The number of nitrogens with one attached hydrogen (secondary N) is 1. The fourth-order valence-corrected chi connectivity index (χ4v) is 0.586. The van der Waals surface area contributed by atoms with Crippen LogP contribution < -0.4 is 5.32 Å². The van der Waals surface area contributed by atoms with Gasteiger partial charge in [0.2, 0.25) is 0 Å². The number of likely N-dealkylation sites (N-methyl/N-ethyl adjacent to an activating group) is 1. The molecule has 0 saturated heterocycles. The third kappa shape index (κ3) is 1.69. The minimum Gasteiger partial charge on any atom is -0.379 e. The van der Waals surface area contributed by atoms with Crippen LogP contribution in [0.1, 0.15) is 13.8 Å².